The molecule has 0 saturated heterocycles. The third-order valence-corrected chi connectivity index (χ3v) is 5.24. The summed E-state index contributed by atoms with van der Waals surface area (Å²) in [6, 6.07) is 1.36. The molecule has 0 spiro atoms. The Labute approximate surface area is 102 Å². The summed E-state index contributed by atoms with van der Waals surface area (Å²) in [5.74, 6) is 1.80. The summed E-state index contributed by atoms with van der Waals surface area (Å²) >= 11 is 0. The van der Waals surface area contributed by atoms with Crippen LogP contribution in [-0.2, 0) is 4.79 Å². The molecule has 16 heavy (non-hydrogen) atoms. The second-order valence-electron chi connectivity index (χ2n) is 6.64. The highest BCUT2D eigenvalue weighted by Crippen LogP contribution is 2.45. The van der Waals surface area contributed by atoms with Gasteiger partial charge in [-0.2, -0.15) is 0 Å². The molecule has 94 valence electrons. The van der Waals surface area contributed by atoms with Crippen LogP contribution < -0.4 is 0 Å². The Morgan fingerprint density at radius 3 is 2.44 bits per heavy atom. The van der Waals surface area contributed by atoms with Crippen LogP contribution in [0.4, 0.5) is 0 Å². The summed E-state index contributed by atoms with van der Waals surface area (Å²) in [6.45, 7) is 9.45. The van der Waals surface area contributed by atoms with Crippen molar-refractivity contribution in [2.75, 3.05) is 0 Å². The standard InChI is InChI=1S/C14H28OSi/c1-5-6-7-8-9-14(15)13-10-12(13)11-16(2,3)4/h12-13H,5-11H2,1-4H3. The van der Waals surface area contributed by atoms with E-state index in [1.807, 2.05) is 0 Å². The molecule has 1 saturated carbocycles. The minimum Gasteiger partial charge on any atom is -0.299 e. The largest absolute Gasteiger partial charge is 0.299 e. The second kappa shape index (κ2) is 5.99. The molecular weight excluding hydrogens is 212 g/mol. The first-order valence-corrected chi connectivity index (χ1v) is 10.7. The Kier molecular flexibility index (Phi) is 5.23. The topological polar surface area (TPSA) is 17.1 Å². The fourth-order valence-corrected chi connectivity index (χ4v) is 4.59. The van der Waals surface area contributed by atoms with E-state index in [1.54, 1.807) is 0 Å². The monoisotopic (exact) mass is 240 g/mol. The smallest absolute Gasteiger partial charge is 0.136 e. The number of Topliss-reactive ketones (excluding diaryl/α,β-unsaturated/α-hetero) is 1. The molecule has 2 unspecified atom stereocenters. The molecule has 0 aliphatic heterocycles. The zero-order valence-corrected chi connectivity index (χ0v) is 12.5. The van der Waals surface area contributed by atoms with Crippen molar-refractivity contribution >= 4 is 13.9 Å². The van der Waals surface area contributed by atoms with Crippen molar-refractivity contribution in [3.05, 3.63) is 0 Å². The lowest BCUT2D eigenvalue weighted by Gasteiger charge is -2.14. The average Bonchev–Trinajstić information content (AvgIpc) is 2.88. The lowest BCUT2D eigenvalue weighted by molar-refractivity contribution is -0.120. The van der Waals surface area contributed by atoms with E-state index in [0.29, 0.717) is 11.7 Å². The Bertz CT molecular complexity index is 229. The number of rotatable bonds is 8. The van der Waals surface area contributed by atoms with Gasteiger partial charge in [-0.1, -0.05) is 51.9 Å². The first-order chi connectivity index (χ1) is 7.44. The highest BCUT2D eigenvalue weighted by Gasteiger charge is 2.43. The SMILES string of the molecule is CCCCCCC(=O)C1CC1C[Si](C)(C)C. The van der Waals surface area contributed by atoms with Gasteiger partial charge in [0.15, 0.2) is 0 Å². The van der Waals surface area contributed by atoms with Crippen molar-refractivity contribution in [3.8, 4) is 0 Å². The van der Waals surface area contributed by atoms with Crippen molar-refractivity contribution in [2.45, 2.75) is 71.1 Å². The van der Waals surface area contributed by atoms with E-state index in [-0.39, 0.29) is 0 Å². The molecule has 0 radical (unpaired) electrons. The van der Waals surface area contributed by atoms with Crippen molar-refractivity contribution in [3.63, 3.8) is 0 Å². The number of hydrogen-bond donors (Lipinski definition) is 0. The summed E-state index contributed by atoms with van der Waals surface area (Å²) in [5, 5.41) is 0. The molecule has 2 heteroatoms. The highest BCUT2D eigenvalue weighted by molar-refractivity contribution is 6.76. The third kappa shape index (κ3) is 5.29. The maximum absolute atomic E-state index is 11.9. The number of hydrogen-bond acceptors (Lipinski definition) is 1. The Morgan fingerprint density at radius 2 is 1.88 bits per heavy atom. The zero-order valence-electron chi connectivity index (χ0n) is 11.5. The van der Waals surface area contributed by atoms with E-state index in [4.69, 9.17) is 0 Å². The van der Waals surface area contributed by atoms with Crippen LogP contribution in [-0.4, -0.2) is 13.9 Å². The predicted octanol–water partition coefficient (Wildman–Crippen LogP) is 4.50. The maximum atomic E-state index is 11.9. The van der Waals surface area contributed by atoms with E-state index in [2.05, 4.69) is 26.6 Å². The zero-order chi connectivity index (χ0) is 12.2. The second-order valence-corrected chi connectivity index (χ2v) is 12.2. The highest BCUT2D eigenvalue weighted by atomic mass is 28.3. The van der Waals surface area contributed by atoms with Crippen LogP contribution in [0.5, 0.6) is 0 Å². The van der Waals surface area contributed by atoms with Crippen LogP contribution in [0.3, 0.4) is 0 Å². The molecule has 0 aromatic carbocycles. The molecule has 1 rings (SSSR count). The van der Waals surface area contributed by atoms with Gasteiger partial charge in [0.05, 0.1) is 0 Å². The molecule has 2 atom stereocenters. The van der Waals surface area contributed by atoms with Crippen molar-refractivity contribution in [1.82, 2.24) is 0 Å². The molecule has 0 bridgehead atoms. The van der Waals surface area contributed by atoms with Crippen LogP contribution >= 0.6 is 0 Å². The summed E-state index contributed by atoms with van der Waals surface area (Å²) in [5.41, 5.74) is 0. The number of ketones is 1. The van der Waals surface area contributed by atoms with Crippen molar-refractivity contribution in [2.24, 2.45) is 11.8 Å². The van der Waals surface area contributed by atoms with E-state index >= 15 is 0 Å². The molecule has 1 nitrogen and oxygen atoms in total. The van der Waals surface area contributed by atoms with Gasteiger partial charge >= 0.3 is 0 Å². The van der Waals surface area contributed by atoms with Gasteiger partial charge < -0.3 is 0 Å². The van der Waals surface area contributed by atoms with Gasteiger partial charge in [0, 0.05) is 20.4 Å². The molecule has 0 aromatic heterocycles. The summed E-state index contributed by atoms with van der Waals surface area (Å²) in [6.07, 6.45) is 6.98. The summed E-state index contributed by atoms with van der Waals surface area (Å²) < 4.78 is 0. The van der Waals surface area contributed by atoms with Gasteiger partial charge in [0.25, 0.3) is 0 Å². The van der Waals surface area contributed by atoms with Crippen LogP contribution in [0.15, 0.2) is 0 Å². The fourth-order valence-electron chi connectivity index (χ4n) is 2.57. The minimum atomic E-state index is -0.942. The summed E-state index contributed by atoms with van der Waals surface area (Å²) in [7, 11) is -0.942. The molecular formula is C14H28OSi. The van der Waals surface area contributed by atoms with Crippen LogP contribution in [0.25, 0.3) is 0 Å². The van der Waals surface area contributed by atoms with E-state index < -0.39 is 8.07 Å². The Balaban J connectivity index is 2.11. The maximum Gasteiger partial charge on any atom is 0.136 e. The van der Waals surface area contributed by atoms with Crippen LogP contribution in [0.2, 0.25) is 25.7 Å². The van der Waals surface area contributed by atoms with Gasteiger partial charge in [0.1, 0.15) is 5.78 Å². The molecule has 0 amide bonds. The number of carbonyl (C=O) groups excluding carboxylic acids is 1. The third-order valence-electron chi connectivity index (χ3n) is 3.49. The Morgan fingerprint density at radius 1 is 1.19 bits per heavy atom. The van der Waals surface area contributed by atoms with Crippen LogP contribution in [0.1, 0.15) is 45.4 Å². The number of unbranched alkanes of at least 4 members (excludes halogenated alkanes) is 3. The van der Waals surface area contributed by atoms with E-state index in [9.17, 15) is 4.79 Å². The van der Waals surface area contributed by atoms with Crippen molar-refractivity contribution < 1.29 is 4.79 Å². The van der Waals surface area contributed by atoms with Gasteiger partial charge in [-0.25, -0.2) is 0 Å². The molecule has 0 heterocycles. The summed E-state index contributed by atoms with van der Waals surface area (Å²) in [4.78, 5) is 11.9. The Hall–Kier alpha value is -0.113. The van der Waals surface area contributed by atoms with Gasteiger partial charge in [-0.15, -0.1) is 0 Å². The predicted molar refractivity (Wildman–Crippen MR) is 73.5 cm³/mol. The van der Waals surface area contributed by atoms with E-state index in [0.717, 1.165) is 18.8 Å². The fraction of sp³-hybridized carbons (Fsp3) is 0.929. The quantitative estimate of drug-likeness (QED) is 0.451. The molecule has 0 N–H and O–H groups in total. The van der Waals surface area contributed by atoms with Gasteiger partial charge in [-0.05, 0) is 18.8 Å². The average molecular weight is 240 g/mol. The first-order valence-electron chi connectivity index (χ1n) is 6.97. The molecule has 1 aliphatic carbocycles. The van der Waals surface area contributed by atoms with Gasteiger partial charge in [-0.3, -0.25) is 4.79 Å². The normalized spacial score (nSPS) is 24.5. The lowest BCUT2D eigenvalue weighted by atomic mass is 10.1. The lowest BCUT2D eigenvalue weighted by Crippen LogP contribution is -2.20. The molecule has 0 aromatic rings. The van der Waals surface area contributed by atoms with E-state index in [1.165, 1.54) is 31.7 Å². The minimum absolute atomic E-state index is 0.466. The molecule has 1 aliphatic rings. The number of carbonyl (C=O) groups is 1. The first kappa shape index (κ1) is 13.9. The van der Waals surface area contributed by atoms with Crippen molar-refractivity contribution in [1.29, 1.82) is 0 Å². The van der Waals surface area contributed by atoms with Gasteiger partial charge in [0.2, 0.25) is 0 Å². The van der Waals surface area contributed by atoms with Crippen LogP contribution in [0, 0.1) is 11.8 Å². The molecule has 1 fully saturated rings.